The Morgan fingerprint density at radius 2 is 2.00 bits per heavy atom. The molecule has 3 rings (SSSR count). The van der Waals surface area contributed by atoms with E-state index >= 15 is 0 Å². The second-order valence-electron chi connectivity index (χ2n) is 8.51. The zero-order valence-corrected chi connectivity index (χ0v) is 18.8. The van der Waals surface area contributed by atoms with E-state index in [2.05, 4.69) is 0 Å². The summed E-state index contributed by atoms with van der Waals surface area (Å²) in [7, 11) is 0. The second-order valence-corrected chi connectivity index (χ2v) is 9.39. The maximum atomic E-state index is 10.7. The number of aliphatic hydroxyl groups excluding tert-OH is 2. The third-order valence-corrected chi connectivity index (χ3v) is 6.60. The van der Waals surface area contributed by atoms with Crippen LogP contribution in [-0.2, 0) is 9.53 Å². The number of carbonyl (C=O) groups is 1. The molecule has 31 heavy (non-hydrogen) atoms. The van der Waals surface area contributed by atoms with Gasteiger partial charge in [-0.05, 0) is 55.7 Å². The molecule has 2 aliphatic rings. The van der Waals surface area contributed by atoms with Crippen molar-refractivity contribution in [3.63, 3.8) is 0 Å². The van der Waals surface area contributed by atoms with Crippen LogP contribution >= 0.6 is 23.2 Å². The van der Waals surface area contributed by atoms with Crippen molar-refractivity contribution in [1.29, 1.82) is 0 Å². The SMILES string of the molecule is O=C(O)CCC[C@H]1CC[C@@H]2[C@@H](/C=C/C(O)COc3cc(Cl)cc(Cl)c3)[C@H](O)C[C@@H]2OC1. The highest BCUT2D eigenvalue weighted by molar-refractivity contribution is 6.34. The molecule has 0 spiro atoms. The van der Waals surface area contributed by atoms with Gasteiger partial charge in [-0.1, -0.05) is 35.4 Å². The van der Waals surface area contributed by atoms with Crippen molar-refractivity contribution in [2.24, 2.45) is 17.8 Å². The molecule has 1 saturated carbocycles. The van der Waals surface area contributed by atoms with E-state index in [0.29, 0.717) is 41.2 Å². The molecule has 1 saturated heterocycles. The molecule has 1 aromatic carbocycles. The third-order valence-electron chi connectivity index (χ3n) is 6.16. The number of hydrogen-bond acceptors (Lipinski definition) is 5. The third kappa shape index (κ3) is 7.36. The van der Waals surface area contributed by atoms with Crippen LogP contribution in [0.4, 0.5) is 0 Å². The Labute approximate surface area is 192 Å². The summed E-state index contributed by atoms with van der Waals surface area (Å²) in [6, 6.07) is 4.87. The molecule has 1 unspecified atom stereocenters. The summed E-state index contributed by atoms with van der Waals surface area (Å²) in [5.74, 6) is 0.182. The van der Waals surface area contributed by atoms with Crippen LogP contribution in [-0.4, -0.2) is 52.8 Å². The Bertz CT molecular complexity index is 750. The van der Waals surface area contributed by atoms with Crippen molar-refractivity contribution in [2.75, 3.05) is 13.2 Å². The minimum Gasteiger partial charge on any atom is -0.490 e. The molecule has 3 N–H and O–H groups in total. The van der Waals surface area contributed by atoms with Crippen LogP contribution in [0.5, 0.6) is 5.75 Å². The van der Waals surface area contributed by atoms with Crippen LogP contribution in [0.3, 0.4) is 0 Å². The maximum Gasteiger partial charge on any atom is 0.303 e. The fraction of sp³-hybridized carbons (Fsp3) is 0.609. The maximum absolute atomic E-state index is 10.7. The summed E-state index contributed by atoms with van der Waals surface area (Å²) < 4.78 is 11.6. The number of carboxylic acid groups (broad SMARTS) is 1. The number of aliphatic hydroxyl groups is 2. The van der Waals surface area contributed by atoms with Gasteiger partial charge in [0.2, 0.25) is 0 Å². The zero-order chi connectivity index (χ0) is 22.4. The van der Waals surface area contributed by atoms with Crippen molar-refractivity contribution < 1.29 is 29.6 Å². The molecular formula is C23H30Cl2O6. The summed E-state index contributed by atoms with van der Waals surface area (Å²) in [5, 5.41) is 30.6. The average Bonchev–Trinajstić information content (AvgIpc) is 2.85. The van der Waals surface area contributed by atoms with Crippen LogP contribution in [0.25, 0.3) is 0 Å². The Kier molecular flexibility index (Phi) is 9.05. The second kappa shape index (κ2) is 11.5. The van der Waals surface area contributed by atoms with Gasteiger partial charge in [-0.2, -0.15) is 0 Å². The standard InChI is InChI=1S/C23H30Cl2O6/c24-15-8-16(25)10-18(9-15)30-13-17(26)5-7-19-20-6-4-14(2-1-3-23(28)29)12-31-22(20)11-21(19)27/h5,7-10,14,17,19-22,26-27H,1-4,6,11-13H2,(H,28,29)/b7-5+/t14-,17?,19+,20+,21+,22-/m0/s1. The first-order valence-corrected chi connectivity index (χ1v) is 11.5. The predicted molar refractivity (Wildman–Crippen MR) is 119 cm³/mol. The highest BCUT2D eigenvalue weighted by atomic mass is 35.5. The molecule has 2 fully saturated rings. The van der Waals surface area contributed by atoms with Gasteiger partial charge in [0.15, 0.2) is 0 Å². The molecule has 0 radical (unpaired) electrons. The summed E-state index contributed by atoms with van der Waals surface area (Å²) in [6.45, 7) is 0.662. The molecule has 1 aromatic rings. The van der Waals surface area contributed by atoms with Crippen molar-refractivity contribution in [1.82, 2.24) is 0 Å². The van der Waals surface area contributed by atoms with Crippen molar-refractivity contribution in [3.05, 3.63) is 40.4 Å². The largest absolute Gasteiger partial charge is 0.490 e. The molecule has 1 heterocycles. The molecule has 1 aliphatic heterocycles. The number of halogens is 2. The highest BCUT2D eigenvalue weighted by Gasteiger charge is 2.43. The topological polar surface area (TPSA) is 96.2 Å². The summed E-state index contributed by atoms with van der Waals surface area (Å²) in [4.78, 5) is 10.7. The fourth-order valence-electron chi connectivity index (χ4n) is 4.59. The summed E-state index contributed by atoms with van der Waals surface area (Å²) >= 11 is 11.9. The van der Waals surface area contributed by atoms with Gasteiger partial charge < -0.3 is 24.8 Å². The summed E-state index contributed by atoms with van der Waals surface area (Å²) in [6.07, 6.45) is 6.35. The average molecular weight is 473 g/mol. The van der Waals surface area contributed by atoms with Crippen molar-refractivity contribution in [3.8, 4) is 5.75 Å². The molecule has 6 atom stereocenters. The Morgan fingerprint density at radius 3 is 2.71 bits per heavy atom. The van der Waals surface area contributed by atoms with Gasteiger partial charge in [-0.15, -0.1) is 0 Å². The first kappa shape index (κ1) is 24.3. The lowest BCUT2D eigenvalue weighted by Crippen LogP contribution is -2.22. The normalized spacial score (nSPS) is 29.5. The molecular weight excluding hydrogens is 443 g/mol. The van der Waals surface area contributed by atoms with E-state index in [-0.39, 0.29) is 31.0 Å². The predicted octanol–water partition coefficient (Wildman–Crippen LogP) is 4.34. The first-order valence-electron chi connectivity index (χ1n) is 10.8. The van der Waals surface area contributed by atoms with E-state index in [4.69, 9.17) is 37.8 Å². The van der Waals surface area contributed by atoms with Gasteiger partial charge in [0, 0.05) is 35.4 Å². The van der Waals surface area contributed by atoms with Crippen LogP contribution < -0.4 is 4.74 Å². The quantitative estimate of drug-likeness (QED) is 0.462. The molecule has 8 heteroatoms. The van der Waals surface area contributed by atoms with Gasteiger partial charge in [0.05, 0.1) is 12.2 Å². The van der Waals surface area contributed by atoms with E-state index in [0.717, 1.165) is 19.3 Å². The summed E-state index contributed by atoms with van der Waals surface area (Å²) in [5.41, 5.74) is 0. The monoisotopic (exact) mass is 472 g/mol. The number of ether oxygens (including phenoxy) is 2. The number of fused-ring (bicyclic) bond motifs is 1. The fourth-order valence-corrected chi connectivity index (χ4v) is 5.10. The van der Waals surface area contributed by atoms with E-state index in [1.165, 1.54) is 0 Å². The van der Waals surface area contributed by atoms with Crippen LogP contribution in [0.15, 0.2) is 30.4 Å². The number of hydrogen-bond donors (Lipinski definition) is 3. The van der Waals surface area contributed by atoms with Crippen molar-refractivity contribution in [2.45, 2.75) is 56.8 Å². The number of carboxylic acids is 1. The van der Waals surface area contributed by atoms with Gasteiger partial charge >= 0.3 is 5.97 Å². The highest BCUT2D eigenvalue weighted by Crippen LogP contribution is 2.42. The minimum absolute atomic E-state index is 0.00359. The lowest BCUT2D eigenvalue weighted by Gasteiger charge is -2.21. The Balaban J connectivity index is 1.50. The van der Waals surface area contributed by atoms with E-state index in [9.17, 15) is 15.0 Å². The number of rotatable bonds is 9. The first-order chi connectivity index (χ1) is 14.8. The van der Waals surface area contributed by atoms with Crippen molar-refractivity contribution >= 4 is 29.2 Å². The number of benzene rings is 1. The van der Waals surface area contributed by atoms with E-state index in [1.807, 2.05) is 6.08 Å². The van der Waals surface area contributed by atoms with Gasteiger partial charge in [-0.25, -0.2) is 0 Å². The van der Waals surface area contributed by atoms with Gasteiger partial charge in [0.25, 0.3) is 0 Å². The molecule has 0 aromatic heterocycles. The lowest BCUT2D eigenvalue weighted by molar-refractivity contribution is -0.137. The van der Waals surface area contributed by atoms with E-state index in [1.54, 1.807) is 24.3 Å². The zero-order valence-electron chi connectivity index (χ0n) is 17.3. The molecule has 0 bridgehead atoms. The van der Waals surface area contributed by atoms with Crippen LogP contribution in [0.1, 0.15) is 38.5 Å². The smallest absolute Gasteiger partial charge is 0.303 e. The van der Waals surface area contributed by atoms with Crippen LogP contribution in [0, 0.1) is 17.8 Å². The molecule has 6 nitrogen and oxygen atoms in total. The van der Waals surface area contributed by atoms with Crippen LogP contribution in [0.2, 0.25) is 10.0 Å². The Morgan fingerprint density at radius 1 is 1.26 bits per heavy atom. The molecule has 172 valence electrons. The Hall–Kier alpha value is -1.31. The lowest BCUT2D eigenvalue weighted by atomic mass is 9.86. The van der Waals surface area contributed by atoms with Gasteiger partial charge in [0.1, 0.15) is 18.5 Å². The molecule has 0 amide bonds. The molecule has 1 aliphatic carbocycles. The van der Waals surface area contributed by atoms with Gasteiger partial charge in [-0.3, -0.25) is 4.79 Å². The minimum atomic E-state index is -0.834. The number of aliphatic carboxylic acids is 1. The van der Waals surface area contributed by atoms with E-state index < -0.39 is 18.2 Å².